The lowest BCUT2D eigenvalue weighted by Crippen LogP contribution is -2.27. The Morgan fingerprint density at radius 3 is 2.53 bits per heavy atom. The van der Waals surface area contributed by atoms with E-state index in [9.17, 15) is 22.4 Å². The van der Waals surface area contributed by atoms with Crippen LogP contribution in [0.15, 0.2) is 28.2 Å². The minimum absolute atomic E-state index is 0.152. The van der Waals surface area contributed by atoms with Gasteiger partial charge in [-0.3, -0.25) is 4.79 Å². The first-order valence-corrected chi connectivity index (χ1v) is 6.49. The molecular formula is C11H4BrF4NOS. The van der Waals surface area contributed by atoms with E-state index >= 15 is 0 Å². The summed E-state index contributed by atoms with van der Waals surface area (Å²) < 4.78 is 53.9. The van der Waals surface area contributed by atoms with Crippen molar-refractivity contribution < 1.29 is 22.4 Å². The fourth-order valence-corrected chi connectivity index (χ4v) is 2.57. The second-order valence-corrected chi connectivity index (χ2v) is 5.17. The Hall–Kier alpha value is -1.28. The van der Waals surface area contributed by atoms with Crippen LogP contribution in [-0.2, 0) is 5.92 Å². The normalized spacial score (nSPS) is 11.6. The molecule has 0 fully saturated rings. The van der Waals surface area contributed by atoms with E-state index in [0.29, 0.717) is 23.5 Å². The number of aromatic nitrogens is 1. The quantitative estimate of drug-likeness (QED) is 0.612. The van der Waals surface area contributed by atoms with Crippen LogP contribution in [0, 0.1) is 11.6 Å². The van der Waals surface area contributed by atoms with Gasteiger partial charge >= 0.3 is 5.92 Å². The van der Waals surface area contributed by atoms with Crippen LogP contribution < -0.4 is 0 Å². The van der Waals surface area contributed by atoms with Crippen LogP contribution in [0.3, 0.4) is 0 Å². The number of ketones is 1. The number of hydrogen-bond acceptors (Lipinski definition) is 3. The van der Waals surface area contributed by atoms with Gasteiger partial charge in [0.1, 0.15) is 16.2 Å². The molecule has 2 aromatic rings. The predicted octanol–water partition coefficient (Wildman–Crippen LogP) is 4.16. The van der Waals surface area contributed by atoms with Crippen LogP contribution in [0.4, 0.5) is 17.6 Å². The van der Waals surface area contributed by atoms with Crippen molar-refractivity contribution in [1.82, 2.24) is 4.98 Å². The molecule has 2 nitrogen and oxygen atoms in total. The first-order valence-electron chi connectivity index (χ1n) is 4.81. The molecule has 1 heterocycles. The molecule has 0 N–H and O–H groups in total. The fourth-order valence-electron chi connectivity index (χ4n) is 1.34. The molecule has 1 aromatic heterocycles. The minimum atomic E-state index is -3.96. The van der Waals surface area contributed by atoms with Gasteiger partial charge in [0, 0.05) is 11.4 Å². The monoisotopic (exact) mass is 353 g/mol. The Labute approximate surface area is 117 Å². The van der Waals surface area contributed by atoms with E-state index in [1.165, 1.54) is 5.38 Å². The number of carbonyl (C=O) groups is 1. The SMILES string of the molecule is O=C(c1ccc(F)cc1F)C(F)(F)c1nc(Br)cs1. The molecule has 0 bridgehead atoms. The van der Waals surface area contributed by atoms with E-state index in [-0.39, 0.29) is 4.60 Å². The molecule has 0 unspecified atom stereocenters. The zero-order chi connectivity index (χ0) is 14.2. The molecule has 0 saturated heterocycles. The van der Waals surface area contributed by atoms with Gasteiger partial charge in [0.05, 0.1) is 5.56 Å². The standard InChI is InChI=1S/C11H4BrF4NOS/c12-8-4-19-10(17-8)11(15,16)9(18)6-2-1-5(13)3-7(6)14/h1-4H. The number of alkyl halides is 2. The Balaban J connectivity index is 2.43. The van der Waals surface area contributed by atoms with Crippen LogP contribution in [0.25, 0.3) is 0 Å². The summed E-state index contributed by atoms with van der Waals surface area (Å²) in [6.45, 7) is 0. The topological polar surface area (TPSA) is 30.0 Å². The van der Waals surface area contributed by atoms with Crippen molar-refractivity contribution in [2.45, 2.75) is 5.92 Å². The lowest BCUT2D eigenvalue weighted by Gasteiger charge is -2.12. The number of thiazole rings is 1. The van der Waals surface area contributed by atoms with E-state index in [1.807, 2.05) is 0 Å². The van der Waals surface area contributed by atoms with Crippen molar-refractivity contribution in [2.24, 2.45) is 0 Å². The number of carbonyl (C=O) groups excluding carboxylic acids is 1. The zero-order valence-corrected chi connectivity index (χ0v) is 11.4. The largest absolute Gasteiger partial charge is 0.360 e. The molecule has 8 heteroatoms. The maximum atomic E-state index is 13.8. The molecule has 19 heavy (non-hydrogen) atoms. The fraction of sp³-hybridized carbons (Fsp3) is 0.0909. The van der Waals surface area contributed by atoms with Crippen LogP contribution >= 0.6 is 27.3 Å². The number of rotatable bonds is 3. The molecule has 0 aliphatic carbocycles. The summed E-state index contributed by atoms with van der Waals surface area (Å²) in [6, 6.07) is 1.80. The minimum Gasteiger partial charge on any atom is -0.287 e. The van der Waals surface area contributed by atoms with Gasteiger partial charge in [-0.2, -0.15) is 8.78 Å². The van der Waals surface area contributed by atoms with Gasteiger partial charge in [-0.25, -0.2) is 13.8 Å². The van der Waals surface area contributed by atoms with Crippen LogP contribution in [0.2, 0.25) is 0 Å². The third-order valence-corrected chi connectivity index (χ3v) is 3.83. The molecule has 0 saturated carbocycles. The van der Waals surface area contributed by atoms with Gasteiger partial charge < -0.3 is 0 Å². The highest BCUT2D eigenvalue weighted by molar-refractivity contribution is 9.10. The van der Waals surface area contributed by atoms with E-state index in [1.54, 1.807) is 0 Å². The van der Waals surface area contributed by atoms with Gasteiger partial charge in [0.15, 0.2) is 5.01 Å². The van der Waals surface area contributed by atoms with E-state index < -0.39 is 33.9 Å². The molecule has 100 valence electrons. The number of benzene rings is 1. The smallest absolute Gasteiger partial charge is 0.287 e. The van der Waals surface area contributed by atoms with Crippen LogP contribution in [-0.4, -0.2) is 10.8 Å². The molecule has 0 amide bonds. The Kier molecular flexibility index (Phi) is 3.73. The molecule has 0 spiro atoms. The number of Topliss-reactive ketones (excluding diaryl/α,β-unsaturated/α-hetero) is 1. The molecule has 0 aliphatic rings. The summed E-state index contributed by atoms with van der Waals surface area (Å²) >= 11 is 3.45. The van der Waals surface area contributed by atoms with Crippen LogP contribution in [0.5, 0.6) is 0 Å². The Morgan fingerprint density at radius 1 is 1.32 bits per heavy atom. The molecule has 2 rings (SSSR count). The van der Waals surface area contributed by atoms with Gasteiger partial charge in [-0.15, -0.1) is 11.3 Å². The third-order valence-electron chi connectivity index (χ3n) is 2.21. The van der Waals surface area contributed by atoms with Crippen molar-refractivity contribution >= 4 is 33.0 Å². The average Bonchev–Trinajstić information content (AvgIpc) is 2.76. The van der Waals surface area contributed by atoms with Gasteiger partial charge in [-0.1, -0.05) is 0 Å². The van der Waals surface area contributed by atoms with E-state index in [4.69, 9.17) is 0 Å². The van der Waals surface area contributed by atoms with Gasteiger partial charge in [0.25, 0.3) is 0 Å². The molecule has 0 atom stereocenters. The summed E-state index contributed by atoms with van der Waals surface area (Å²) in [5, 5.41) is 0.519. The maximum absolute atomic E-state index is 13.8. The van der Waals surface area contributed by atoms with Crippen molar-refractivity contribution in [2.75, 3.05) is 0 Å². The highest BCUT2D eigenvalue weighted by atomic mass is 79.9. The second kappa shape index (κ2) is 5.01. The lowest BCUT2D eigenvalue weighted by atomic mass is 10.1. The summed E-state index contributed by atoms with van der Waals surface area (Å²) in [5.41, 5.74) is -0.877. The average molecular weight is 354 g/mol. The predicted molar refractivity (Wildman–Crippen MR) is 64.4 cm³/mol. The molecule has 1 aromatic carbocycles. The van der Waals surface area contributed by atoms with Gasteiger partial charge in [0.2, 0.25) is 5.78 Å². The lowest BCUT2D eigenvalue weighted by molar-refractivity contribution is 0.00682. The summed E-state index contributed by atoms with van der Waals surface area (Å²) in [6.07, 6.45) is 0. The van der Waals surface area contributed by atoms with Crippen molar-refractivity contribution in [3.63, 3.8) is 0 Å². The molecular weight excluding hydrogens is 350 g/mol. The maximum Gasteiger partial charge on any atom is 0.360 e. The number of hydrogen-bond donors (Lipinski definition) is 0. The Morgan fingerprint density at radius 2 is 2.00 bits per heavy atom. The van der Waals surface area contributed by atoms with Crippen molar-refractivity contribution in [3.8, 4) is 0 Å². The number of nitrogens with zero attached hydrogens (tertiary/aromatic N) is 1. The summed E-state index contributed by atoms with van der Waals surface area (Å²) in [5.74, 6) is -8.00. The van der Waals surface area contributed by atoms with E-state index in [2.05, 4.69) is 20.9 Å². The highest BCUT2D eigenvalue weighted by Gasteiger charge is 2.45. The highest BCUT2D eigenvalue weighted by Crippen LogP contribution is 2.35. The van der Waals surface area contributed by atoms with Crippen molar-refractivity contribution in [1.29, 1.82) is 0 Å². The first kappa shape index (κ1) is 14.1. The molecule has 0 aliphatic heterocycles. The zero-order valence-electron chi connectivity index (χ0n) is 8.96. The van der Waals surface area contributed by atoms with Gasteiger partial charge in [-0.05, 0) is 28.1 Å². The first-order chi connectivity index (χ1) is 8.82. The Bertz CT molecular complexity index is 643. The second-order valence-electron chi connectivity index (χ2n) is 3.50. The van der Waals surface area contributed by atoms with Crippen molar-refractivity contribution in [3.05, 3.63) is 50.4 Å². The van der Waals surface area contributed by atoms with E-state index in [0.717, 1.165) is 6.07 Å². The molecule has 0 radical (unpaired) electrons. The third kappa shape index (κ3) is 2.69. The number of halogens is 5. The summed E-state index contributed by atoms with van der Waals surface area (Å²) in [4.78, 5) is 15.1. The van der Waals surface area contributed by atoms with Crippen LogP contribution in [0.1, 0.15) is 15.4 Å². The summed E-state index contributed by atoms with van der Waals surface area (Å²) in [7, 11) is 0.